The van der Waals surface area contributed by atoms with E-state index in [0.29, 0.717) is 0 Å². The molecule has 0 fully saturated rings. The van der Waals surface area contributed by atoms with Gasteiger partial charge >= 0.3 is 12.0 Å². The Morgan fingerprint density at radius 1 is 1.42 bits per heavy atom. The summed E-state index contributed by atoms with van der Waals surface area (Å²) in [4.78, 5) is 10.1. The molecule has 3 nitrogen and oxygen atoms in total. The summed E-state index contributed by atoms with van der Waals surface area (Å²) in [6, 6.07) is 0. The molecule has 0 saturated carbocycles. The maximum absolute atomic E-state index is 12.6. The average molecular weight is 189 g/mol. The van der Waals surface area contributed by atoms with Crippen molar-refractivity contribution in [1.29, 1.82) is 0 Å². The molecule has 0 aromatic rings. The molecule has 1 amide bonds. The molecular weight excluding hydrogens is 182 g/mol. The van der Waals surface area contributed by atoms with Gasteiger partial charge in [-0.05, 0) is 6.92 Å². The third-order valence-electron chi connectivity index (χ3n) is 1.02. The van der Waals surface area contributed by atoms with Crippen molar-refractivity contribution in [2.75, 3.05) is 6.61 Å². The van der Waals surface area contributed by atoms with E-state index >= 15 is 0 Å². The smallest absolute Gasteiger partial charge is 0.364 e. The van der Waals surface area contributed by atoms with Gasteiger partial charge in [0.15, 0.2) is 0 Å². The molecule has 0 heterocycles. The van der Waals surface area contributed by atoms with Gasteiger partial charge in [0.25, 0.3) is 5.91 Å². The van der Waals surface area contributed by atoms with Crippen molar-refractivity contribution < 1.29 is 27.1 Å². The Kier molecular flexibility index (Phi) is 3.03. The number of hydrogen-bond donors (Lipinski definition) is 1. The lowest BCUT2D eigenvalue weighted by Crippen LogP contribution is -2.53. The summed E-state index contributed by atoms with van der Waals surface area (Å²) in [5, 5.41) is 0. The van der Waals surface area contributed by atoms with Gasteiger partial charge in [0.1, 0.15) is 0 Å². The zero-order valence-corrected chi connectivity index (χ0v) is 6.11. The van der Waals surface area contributed by atoms with E-state index < -0.39 is 24.5 Å². The first-order valence-electron chi connectivity index (χ1n) is 2.95. The molecule has 0 aromatic heterocycles. The van der Waals surface area contributed by atoms with Gasteiger partial charge in [-0.15, -0.1) is 0 Å². The van der Waals surface area contributed by atoms with Crippen LogP contribution in [0.4, 0.5) is 17.6 Å². The topological polar surface area (TPSA) is 52.3 Å². The zero-order chi connectivity index (χ0) is 9.99. The summed E-state index contributed by atoms with van der Waals surface area (Å²) in [7, 11) is 0. The van der Waals surface area contributed by atoms with Crippen LogP contribution in [0, 0.1) is 0 Å². The fourth-order valence-electron chi connectivity index (χ4n) is 0.492. The molecule has 0 rings (SSSR count). The zero-order valence-electron chi connectivity index (χ0n) is 6.11. The van der Waals surface area contributed by atoms with Gasteiger partial charge < -0.3 is 10.5 Å². The second-order valence-corrected chi connectivity index (χ2v) is 1.89. The number of nitrogens with two attached hydrogens (primary N) is 1. The molecule has 0 aromatic carbocycles. The van der Waals surface area contributed by atoms with E-state index in [0.717, 1.165) is 6.92 Å². The Hall–Kier alpha value is -0.850. The lowest BCUT2D eigenvalue weighted by molar-refractivity contribution is -0.312. The molecule has 1 atom stereocenters. The van der Waals surface area contributed by atoms with E-state index in [-0.39, 0.29) is 0 Å². The van der Waals surface area contributed by atoms with Crippen LogP contribution < -0.4 is 5.73 Å². The van der Waals surface area contributed by atoms with Crippen LogP contribution in [-0.4, -0.2) is 24.5 Å². The van der Waals surface area contributed by atoms with Crippen molar-refractivity contribution in [2.24, 2.45) is 5.73 Å². The fraction of sp³-hybridized carbons (Fsp3) is 0.800. The highest BCUT2D eigenvalue weighted by atomic mass is 19.4. The van der Waals surface area contributed by atoms with Gasteiger partial charge in [0, 0.05) is 6.61 Å². The van der Waals surface area contributed by atoms with Crippen LogP contribution in [0.3, 0.4) is 0 Å². The first kappa shape index (κ1) is 11.2. The van der Waals surface area contributed by atoms with Crippen molar-refractivity contribution >= 4 is 5.91 Å². The van der Waals surface area contributed by atoms with Crippen LogP contribution >= 0.6 is 0 Å². The standard InChI is InChI=1S/C5H7F4NO2/c1-2-12-4(6,3(10)11)5(7,8)9/h2H2,1H3,(H2,10,11). The predicted octanol–water partition coefficient (Wildman–Crippen LogP) is 0.736. The first-order valence-corrected chi connectivity index (χ1v) is 2.95. The maximum Gasteiger partial charge on any atom is 0.458 e. The van der Waals surface area contributed by atoms with E-state index in [1.54, 1.807) is 0 Å². The predicted molar refractivity (Wildman–Crippen MR) is 30.7 cm³/mol. The van der Waals surface area contributed by atoms with Gasteiger partial charge in [-0.2, -0.15) is 17.6 Å². The molecule has 0 spiro atoms. The lowest BCUT2D eigenvalue weighted by atomic mass is 10.3. The van der Waals surface area contributed by atoms with E-state index in [2.05, 4.69) is 10.5 Å². The monoisotopic (exact) mass is 189 g/mol. The Morgan fingerprint density at radius 3 is 1.92 bits per heavy atom. The number of amides is 1. The summed E-state index contributed by atoms with van der Waals surface area (Å²) in [5.41, 5.74) is 4.18. The highest BCUT2D eigenvalue weighted by Crippen LogP contribution is 2.34. The van der Waals surface area contributed by atoms with Gasteiger partial charge in [-0.3, -0.25) is 4.79 Å². The molecule has 7 heteroatoms. The van der Waals surface area contributed by atoms with Crippen LogP contribution in [0.2, 0.25) is 0 Å². The van der Waals surface area contributed by atoms with Crippen LogP contribution in [0.5, 0.6) is 0 Å². The maximum atomic E-state index is 12.6. The summed E-state index contributed by atoms with van der Waals surface area (Å²) in [6.07, 6.45) is -5.44. The van der Waals surface area contributed by atoms with Crippen LogP contribution in [0.15, 0.2) is 0 Å². The van der Waals surface area contributed by atoms with E-state index in [9.17, 15) is 22.4 Å². The minimum Gasteiger partial charge on any atom is -0.364 e. The molecule has 0 aliphatic heterocycles. The highest BCUT2D eigenvalue weighted by Gasteiger charge is 2.62. The number of alkyl halides is 4. The number of halogens is 4. The van der Waals surface area contributed by atoms with Crippen molar-refractivity contribution in [3.05, 3.63) is 0 Å². The number of ether oxygens (including phenoxy) is 1. The minimum atomic E-state index is -5.44. The Morgan fingerprint density at radius 2 is 1.83 bits per heavy atom. The summed E-state index contributed by atoms with van der Waals surface area (Å²) in [5.74, 6) is -6.57. The third kappa shape index (κ3) is 1.84. The molecule has 72 valence electrons. The van der Waals surface area contributed by atoms with Crippen molar-refractivity contribution in [2.45, 2.75) is 19.0 Å². The van der Waals surface area contributed by atoms with Crippen LogP contribution in [0.25, 0.3) is 0 Å². The fourth-order valence-corrected chi connectivity index (χ4v) is 0.492. The Balaban J connectivity index is 4.75. The second kappa shape index (κ2) is 3.26. The summed E-state index contributed by atoms with van der Waals surface area (Å²) >= 11 is 0. The SMILES string of the molecule is CCOC(F)(C(N)=O)C(F)(F)F. The number of carbonyl (C=O) groups excluding carboxylic acids is 1. The van der Waals surface area contributed by atoms with Crippen molar-refractivity contribution in [3.8, 4) is 0 Å². The molecule has 2 N–H and O–H groups in total. The van der Waals surface area contributed by atoms with Gasteiger partial charge in [-0.25, -0.2) is 0 Å². The molecule has 0 aliphatic rings. The third-order valence-corrected chi connectivity index (χ3v) is 1.02. The minimum absolute atomic E-state index is 0.598. The molecular formula is C5H7F4NO2. The molecule has 12 heavy (non-hydrogen) atoms. The lowest BCUT2D eigenvalue weighted by Gasteiger charge is -2.23. The van der Waals surface area contributed by atoms with E-state index in [4.69, 9.17) is 0 Å². The van der Waals surface area contributed by atoms with Gasteiger partial charge in [0.2, 0.25) is 0 Å². The molecule has 0 bridgehead atoms. The largest absolute Gasteiger partial charge is 0.458 e. The summed E-state index contributed by atoms with van der Waals surface area (Å²) in [6.45, 7) is 0.516. The number of rotatable bonds is 3. The van der Waals surface area contributed by atoms with Gasteiger partial charge in [-0.1, -0.05) is 0 Å². The van der Waals surface area contributed by atoms with E-state index in [1.807, 2.05) is 0 Å². The Labute approximate surface area is 65.5 Å². The number of carbonyl (C=O) groups is 1. The molecule has 0 radical (unpaired) electrons. The first-order chi connectivity index (χ1) is 5.25. The summed E-state index contributed by atoms with van der Waals surface area (Å²) < 4.78 is 51.4. The van der Waals surface area contributed by atoms with E-state index in [1.165, 1.54) is 0 Å². The van der Waals surface area contributed by atoms with Gasteiger partial charge in [0.05, 0.1) is 0 Å². The normalized spacial score (nSPS) is 17.1. The van der Waals surface area contributed by atoms with Crippen LogP contribution in [0.1, 0.15) is 6.92 Å². The average Bonchev–Trinajstić information content (AvgIpc) is 1.85. The molecule has 1 unspecified atom stereocenters. The van der Waals surface area contributed by atoms with Crippen molar-refractivity contribution in [3.63, 3.8) is 0 Å². The highest BCUT2D eigenvalue weighted by molar-refractivity contribution is 5.82. The number of primary amides is 1. The van der Waals surface area contributed by atoms with Crippen LogP contribution in [-0.2, 0) is 9.53 Å². The molecule has 0 aliphatic carbocycles. The quantitative estimate of drug-likeness (QED) is 0.665. The number of hydrogen-bond acceptors (Lipinski definition) is 2. The second-order valence-electron chi connectivity index (χ2n) is 1.89. The Bertz CT molecular complexity index is 181. The van der Waals surface area contributed by atoms with Crippen molar-refractivity contribution in [1.82, 2.24) is 0 Å². The molecule has 0 saturated heterocycles.